The number of carbonyl (C=O) groups excluding carboxylic acids is 1. The summed E-state index contributed by atoms with van der Waals surface area (Å²) in [5.74, 6) is 0.741. The Balaban J connectivity index is 1.36. The molecule has 146 valence electrons. The molecule has 0 atom stereocenters. The fourth-order valence-corrected chi connectivity index (χ4v) is 3.42. The summed E-state index contributed by atoms with van der Waals surface area (Å²) in [7, 11) is 0. The van der Waals surface area contributed by atoms with Crippen molar-refractivity contribution in [2.75, 3.05) is 11.1 Å². The van der Waals surface area contributed by atoms with Gasteiger partial charge in [-0.2, -0.15) is 0 Å². The lowest BCUT2D eigenvalue weighted by atomic mass is 10.2. The maximum Gasteiger partial charge on any atom is 0.234 e. The van der Waals surface area contributed by atoms with Gasteiger partial charge in [-0.25, -0.2) is 4.98 Å². The average molecular weight is 427 g/mol. The molecule has 0 aliphatic heterocycles. The molecule has 7 nitrogen and oxygen atoms in total. The summed E-state index contributed by atoms with van der Waals surface area (Å²) in [6.07, 6.45) is 3.21. The van der Waals surface area contributed by atoms with Gasteiger partial charge >= 0.3 is 0 Å². The Morgan fingerprint density at radius 1 is 1.21 bits per heavy atom. The van der Waals surface area contributed by atoms with Crippen molar-refractivity contribution in [2.24, 2.45) is 0 Å². The zero-order valence-corrected chi connectivity index (χ0v) is 16.5. The molecule has 0 aliphatic carbocycles. The van der Waals surface area contributed by atoms with Crippen LogP contribution in [-0.4, -0.2) is 31.7 Å². The number of hydrogen-bond acceptors (Lipinski definition) is 6. The molecule has 0 aliphatic rings. The Hall–Kier alpha value is -3.23. The summed E-state index contributed by atoms with van der Waals surface area (Å²) < 4.78 is 5.60. The number of phenolic OH excluding ortho intramolecular Hbond substituents is 1. The number of fused-ring (bicyclic) bond motifs is 1. The summed E-state index contributed by atoms with van der Waals surface area (Å²) in [6.45, 7) is 0. The number of aromatic amines is 1. The molecule has 3 N–H and O–H groups in total. The van der Waals surface area contributed by atoms with Crippen LogP contribution in [0.15, 0.2) is 66.1 Å². The number of H-pyrrole nitrogens is 1. The number of imidazole rings is 1. The maximum absolute atomic E-state index is 12.2. The van der Waals surface area contributed by atoms with E-state index in [4.69, 9.17) is 16.3 Å². The minimum atomic E-state index is -0.273. The number of aromatic hydroxyl groups is 1. The Kier molecular flexibility index (Phi) is 5.55. The number of thioether (sulfide) groups is 1. The number of carbonyl (C=O) groups is 1. The van der Waals surface area contributed by atoms with Crippen LogP contribution in [0.1, 0.15) is 0 Å². The van der Waals surface area contributed by atoms with Gasteiger partial charge in [0.05, 0.1) is 28.7 Å². The fourth-order valence-electron chi connectivity index (χ4n) is 2.57. The number of ether oxygens (including phenoxy) is 1. The standard InChI is InChI=1S/C20H15ClN4O3S/c21-12-3-5-15-17(8-12)25-20(24-15)29-11-19(27)23-16-6-4-13(9-18(16)26)28-14-2-1-7-22-10-14/h1-10,26H,11H2,(H,23,27)(H,24,25). The molecule has 29 heavy (non-hydrogen) atoms. The molecule has 0 saturated heterocycles. The zero-order chi connectivity index (χ0) is 20.2. The summed E-state index contributed by atoms with van der Waals surface area (Å²) in [6, 6.07) is 13.5. The van der Waals surface area contributed by atoms with Gasteiger partial charge in [-0.15, -0.1) is 0 Å². The molecule has 9 heteroatoms. The van der Waals surface area contributed by atoms with Crippen LogP contribution in [-0.2, 0) is 4.79 Å². The van der Waals surface area contributed by atoms with Crippen molar-refractivity contribution >= 4 is 46.0 Å². The van der Waals surface area contributed by atoms with E-state index in [-0.39, 0.29) is 17.4 Å². The monoisotopic (exact) mass is 426 g/mol. The third-order valence-electron chi connectivity index (χ3n) is 3.88. The van der Waals surface area contributed by atoms with Crippen LogP contribution in [0.25, 0.3) is 11.0 Å². The van der Waals surface area contributed by atoms with Gasteiger partial charge in [-0.1, -0.05) is 23.4 Å². The first-order valence-electron chi connectivity index (χ1n) is 8.56. The van der Waals surface area contributed by atoms with Crippen molar-refractivity contribution in [1.82, 2.24) is 15.0 Å². The van der Waals surface area contributed by atoms with E-state index in [1.54, 1.807) is 48.8 Å². The van der Waals surface area contributed by atoms with E-state index in [1.807, 2.05) is 6.07 Å². The van der Waals surface area contributed by atoms with Gasteiger partial charge < -0.3 is 20.1 Å². The number of aromatic nitrogens is 3. The van der Waals surface area contributed by atoms with Crippen molar-refractivity contribution in [3.05, 3.63) is 65.9 Å². The second-order valence-electron chi connectivity index (χ2n) is 6.01. The fraction of sp³-hybridized carbons (Fsp3) is 0.0500. The number of amides is 1. The van der Waals surface area contributed by atoms with Gasteiger partial charge in [0.25, 0.3) is 0 Å². The van der Waals surface area contributed by atoms with Crippen LogP contribution in [0.3, 0.4) is 0 Å². The first-order valence-corrected chi connectivity index (χ1v) is 9.92. The molecule has 0 bridgehead atoms. The second kappa shape index (κ2) is 8.42. The molecule has 0 unspecified atom stereocenters. The largest absolute Gasteiger partial charge is 0.506 e. The molecular formula is C20H15ClN4O3S. The van der Waals surface area contributed by atoms with E-state index >= 15 is 0 Å². The van der Waals surface area contributed by atoms with Gasteiger partial charge in [-0.3, -0.25) is 9.78 Å². The van der Waals surface area contributed by atoms with Crippen molar-refractivity contribution in [2.45, 2.75) is 5.16 Å². The molecule has 0 spiro atoms. The number of halogens is 1. The lowest BCUT2D eigenvalue weighted by molar-refractivity contribution is -0.113. The topological polar surface area (TPSA) is 100 Å². The SMILES string of the molecule is O=C(CSc1nc2cc(Cl)ccc2[nH]1)Nc1ccc(Oc2cccnc2)cc1O. The predicted molar refractivity (Wildman–Crippen MR) is 113 cm³/mol. The molecule has 0 radical (unpaired) electrons. The molecule has 1 amide bonds. The minimum Gasteiger partial charge on any atom is -0.506 e. The number of pyridine rings is 1. The number of rotatable bonds is 6. The smallest absolute Gasteiger partial charge is 0.234 e. The van der Waals surface area contributed by atoms with E-state index in [0.717, 1.165) is 11.0 Å². The number of nitrogens with zero attached hydrogens (tertiary/aromatic N) is 2. The van der Waals surface area contributed by atoms with Crippen LogP contribution in [0, 0.1) is 0 Å². The highest BCUT2D eigenvalue weighted by Crippen LogP contribution is 2.31. The predicted octanol–water partition coefficient (Wildman–Crippen LogP) is 4.84. The number of anilines is 1. The first kappa shape index (κ1) is 19.1. The number of phenols is 1. The van der Waals surface area contributed by atoms with Crippen molar-refractivity contribution < 1.29 is 14.6 Å². The van der Waals surface area contributed by atoms with Crippen molar-refractivity contribution in [3.63, 3.8) is 0 Å². The van der Waals surface area contributed by atoms with Gasteiger partial charge in [-0.05, 0) is 42.5 Å². The Morgan fingerprint density at radius 2 is 2.10 bits per heavy atom. The Labute approximate surface area is 175 Å². The minimum absolute atomic E-state index is 0.0943. The highest BCUT2D eigenvalue weighted by Gasteiger charge is 2.11. The van der Waals surface area contributed by atoms with Gasteiger partial charge in [0.15, 0.2) is 5.16 Å². The summed E-state index contributed by atoms with van der Waals surface area (Å²) in [5, 5.41) is 14.1. The molecule has 2 aromatic heterocycles. The van der Waals surface area contributed by atoms with E-state index < -0.39 is 0 Å². The van der Waals surface area contributed by atoms with E-state index in [9.17, 15) is 9.90 Å². The van der Waals surface area contributed by atoms with Gasteiger partial charge in [0.2, 0.25) is 5.91 Å². The molecule has 0 fully saturated rings. The van der Waals surface area contributed by atoms with Crippen molar-refractivity contribution in [1.29, 1.82) is 0 Å². The highest BCUT2D eigenvalue weighted by molar-refractivity contribution is 7.99. The number of hydrogen-bond donors (Lipinski definition) is 3. The third-order valence-corrected chi connectivity index (χ3v) is 4.99. The van der Waals surface area contributed by atoms with Crippen LogP contribution < -0.4 is 10.1 Å². The average Bonchev–Trinajstić information content (AvgIpc) is 3.11. The van der Waals surface area contributed by atoms with E-state index in [0.29, 0.717) is 27.4 Å². The molecular weight excluding hydrogens is 412 g/mol. The normalized spacial score (nSPS) is 10.8. The van der Waals surface area contributed by atoms with Crippen LogP contribution in [0.4, 0.5) is 5.69 Å². The number of nitrogens with one attached hydrogen (secondary N) is 2. The third kappa shape index (κ3) is 4.79. The zero-order valence-electron chi connectivity index (χ0n) is 14.9. The molecule has 0 saturated carbocycles. The summed E-state index contributed by atoms with van der Waals surface area (Å²) in [5.41, 5.74) is 1.88. The van der Waals surface area contributed by atoms with Crippen molar-refractivity contribution in [3.8, 4) is 17.2 Å². The van der Waals surface area contributed by atoms with E-state index in [2.05, 4.69) is 20.3 Å². The summed E-state index contributed by atoms with van der Waals surface area (Å²) in [4.78, 5) is 23.7. The van der Waals surface area contributed by atoms with Crippen LogP contribution >= 0.6 is 23.4 Å². The lowest BCUT2D eigenvalue weighted by Crippen LogP contribution is -2.14. The maximum atomic E-state index is 12.2. The van der Waals surface area contributed by atoms with Crippen LogP contribution in [0.2, 0.25) is 5.02 Å². The second-order valence-corrected chi connectivity index (χ2v) is 7.41. The Bertz CT molecular complexity index is 1170. The lowest BCUT2D eigenvalue weighted by Gasteiger charge is -2.09. The van der Waals surface area contributed by atoms with E-state index in [1.165, 1.54) is 17.8 Å². The Morgan fingerprint density at radius 3 is 2.90 bits per heavy atom. The molecule has 4 rings (SSSR count). The quantitative estimate of drug-likeness (QED) is 0.301. The molecule has 4 aromatic rings. The molecule has 2 aromatic carbocycles. The number of benzene rings is 2. The first-order chi connectivity index (χ1) is 14.1. The highest BCUT2D eigenvalue weighted by atomic mass is 35.5. The van der Waals surface area contributed by atoms with Gasteiger partial charge in [0.1, 0.15) is 17.2 Å². The summed E-state index contributed by atoms with van der Waals surface area (Å²) >= 11 is 7.21. The molecule has 2 heterocycles. The van der Waals surface area contributed by atoms with Gasteiger partial charge in [0, 0.05) is 17.3 Å². The van der Waals surface area contributed by atoms with Crippen LogP contribution in [0.5, 0.6) is 17.2 Å².